The summed E-state index contributed by atoms with van der Waals surface area (Å²) < 4.78 is 0. The largest absolute Gasteiger partial charge is 1.00 e. The Morgan fingerprint density at radius 2 is 1.00 bits per heavy atom. The molecule has 0 spiro atoms. The molecule has 0 amide bonds. The van der Waals surface area contributed by atoms with Crippen LogP contribution in [0, 0.1) is 6.92 Å². The van der Waals surface area contributed by atoms with Gasteiger partial charge in [-0.1, -0.05) is 51.4 Å². The maximum atomic E-state index is 5.42. The van der Waals surface area contributed by atoms with Gasteiger partial charge in [0, 0.05) is 0 Å². The number of rotatable bonds is 10. The summed E-state index contributed by atoms with van der Waals surface area (Å²) in [4.78, 5) is 0. The van der Waals surface area contributed by atoms with Crippen LogP contribution in [0.25, 0.3) is 0 Å². The van der Waals surface area contributed by atoms with Crippen molar-refractivity contribution in [1.82, 2.24) is 0 Å². The Balaban J connectivity index is 0. The summed E-state index contributed by atoms with van der Waals surface area (Å²) in [5.74, 6) is 0. The van der Waals surface area contributed by atoms with Gasteiger partial charge in [-0.3, -0.25) is 0 Å². The van der Waals surface area contributed by atoms with Crippen molar-refractivity contribution in [2.75, 3.05) is 6.54 Å². The van der Waals surface area contributed by atoms with Crippen LogP contribution in [0.15, 0.2) is 0 Å². The van der Waals surface area contributed by atoms with Gasteiger partial charge >= 0.3 is 29.6 Å². The quantitative estimate of drug-likeness (QED) is 0.318. The van der Waals surface area contributed by atoms with E-state index in [1.54, 1.807) is 0 Å². The van der Waals surface area contributed by atoms with Crippen LogP contribution in [0.1, 0.15) is 64.2 Å². The van der Waals surface area contributed by atoms with E-state index in [9.17, 15) is 0 Å². The van der Waals surface area contributed by atoms with Gasteiger partial charge in [0.2, 0.25) is 0 Å². The van der Waals surface area contributed by atoms with Crippen LogP contribution in [-0.2, 0) is 0 Å². The Morgan fingerprint density at radius 1 is 0.643 bits per heavy atom. The van der Waals surface area contributed by atoms with Crippen LogP contribution in [-0.4, -0.2) is 6.54 Å². The summed E-state index contributed by atoms with van der Waals surface area (Å²) in [6, 6.07) is 0. The van der Waals surface area contributed by atoms with Crippen LogP contribution >= 0.6 is 0 Å². The van der Waals surface area contributed by atoms with Gasteiger partial charge in [0.1, 0.15) is 0 Å². The van der Waals surface area contributed by atoms with E-state index in [1.165, 1.54) is 57.8 Å². The second-order valence-electron chi connectivity index (χ2n) is 3.82. The van der Waals surface area contributed by atoms with Gasteiger partial charge < -0.3 is 12.7 Å². The average molecular weight is 207 g/mol. The topological polar surface area (TPSA) is 26.0 Å². The first-order valence-electron chi connectivity index (χ1n) is 5.91. The van der Waals surface area contributed by atoms with Crippen molar-refractivity contribution < 1.29 is 29.6 Å². The minimum atomic E-state index is 0. The van der Waals surface area contributed by atoms with Gasteiger partial charge in [-0.05, 0) is 13.0 Å². The van der Waals surface area contributed by atoms with Crippen molar-refractivity contribution in [2.24, 2.45) is 5.73 Å². The van der Waals surface area contributed by atoms with E-state index < -0.39 is 0 Å². The molecule has 0 aliphatic rings. The molecule has 14 heavy (non-hydrogen) atoms. The van der Waals surface area contributed by atoms with Crippen molar-refractivity contribution in [3.63, 3.8) is 0 Å². The van der Waals surface area contributed by atoms with Crippen LogP contribution < -0.4 is 35.3 Å². The first kappa shape index (κ1) is 17.4. The van der Waals surface area contributed by atoms with Crippen molar-refractivity contribution in [3.05, 3.63) is 6.92 Å². The molecule has 80 valence electrons. The fraction of sp³-hybridized carbons (Fsp3) is 0.917. The van der Waals surface area contributed by atoms with Crippen LogP contribution in [0.3, 0.4) is 0 Å². The summed E-state index contributed by atoms with van der Waals surface area (Å²) in [5.41, 5.74) is 5.42. The SMILES string of the molecule is [CH2-]CCCCCCCCCCCN.[Na+]. The van der Waals surface area contributed by atoms with Gasteiger partial charge in [-0.2, -0.15) is 6.42 Å². The zero-order valence-electron chi connectivity index (χ0n) is 10.1. The second-order valence-corrected chi connectivity index (χ2v) is 3.82. The molecule has 0 fully saturated rings. The van der Waals surface area contributed by atoms with E-state index in [4.69, 9.17) is 5.73 Å². The standard InChI is InChI=1S/C12H26N.Na/c1-2-3-4-5-6-7-8-9-10-11-12-13;/h1-13H2;/q-1;+1. The molecule has 0 aromatic heterocycles. The molecule has 2 N–H and O–H groups in total. The van der Waals surface area contributed by atoms with Crippen LogP contribution in [0.4, 0.5) is 0 Å². The van der Waals surface area contributed by atoms with Gasteiger partial charge in [0.25, 0.3) is 0 Å². The van der Waals surface area contributed by atoms with E-state index in [2.05, 4.69) is 6.92 Å². The predicted molar refractivity (Wildman–Crippen MR) is 60.6 cm³/mol. The van der Waals surface area contributed by atoms with Crippen LogP contribution in [0.2, 0.25) is 0 Å². The molecule has 0 radical (unpaired) electrons. The van der Waals surface area contributed by atoms with E-state index in [0.29, 0.717) is 0 Å². The fourth-order valence-electron chi connectivity index (χ4n) is 1.56. The zero-order valence-corrected chi connectivity index (χ0v) is 12.1. The Bertz CT molecular complexity index is 76.4. The summed E-state index contributed by atoms with van der Waals surface area (Å²) in [5, 5.41) is 0. The van der Waals surface area contributed by atoms with Crippen molar-refractivity contribution in [3.8, 4) is 0 Å². The second kappa shape index (κ2) is 16.4. The Labute approximate surface area is 113 Å². The van der Waals surface area contributed by atoms with Crippen molar-refractivity contribution in [1.29, 1.82) is 0 Å². The van der Waals surface area contributed by atoms with E-state index in [0.717, 1.165) is 13.0 Å². The van der Waals surface area contributed by atoms with Gasteiger partial charge in [-0.15, -0.1) is 0 Å². The first-order valence-corrected chi connectivity index (χ1v) is 5.91. The first-order chi connectivity index (χ1) is 6.41. The van der Waals surface area contributed by atoms with Crippen molar-refractivity contribution >= 4 is 0 Å². The minimum absolute atomic E-state index is 0. The molecule has 0 aromatic rings. The molecule has 0 unspecified atom stereocenters. The molecular weight excluding hydrogens is 181 g/mol. The average Bonchev–Trinajstić information content (AvgIpc) is 2.16. The Kier molecular flexibility index (Phi) is 20.3. The maximum Gasteiger partial charge on any atom is 1.00 e. The zero-order chi connectivity index (χ0) is 9.78. The number of unbranched alkanes of at least 4 members (excludes halogenated alkanes) is 9. The number of nitrogens with two attached hydrogens (primary N) is 1. The molecular formula is C12H26NNa. The predicted octanol–water partition coefficient (Wildman–Crippen LogP) is 0.684. The molecule has 0 saturated carbocycles. The summed E-state index contributed by atoms with van der Waals surface area (Å²) >= 11 is 0. The maximum absolute atomic E-state index is 5.42. The molecule has 0 aromatic carbocycles. The summed E-state index contributed by atoms with van der Waals surface area (Å²) in [6.07, 6.45) is 13.4. The normalized spacial score (nSPS) is 9.86. The van der Waals surface area contributed by atoms with Crippen LogP contribution in [0.5, 0.6) is 0 Å². The van der Waals surface area contributed by atoms with Crippen molar-refractivity contribution in [2.45, 2.75) is 64.2 Å². The Hall–Kier alpha value is 0.960. The molecule has 0 aliphatic carbocycles. The molecule has 0 atom stereocenters. The van der Waals surface area contributed by atoms with Gasteiger partial charge in [-0.25, -0.2) is 0 Å². The molecule has 1 nitrogen and oxygen atoms in total. The molecule has 2 heteroatoms. The smallest absolute Gasteiger partial charge is 0.343 e. The third-order valence-electron chi connectivity index (χ3n) is 2.45. The summed E-state index contributed by atoms with van der Waals surface area (Å²) in [6.45, 7) is 4.71. The Morgan fingerprint density at radius 3 is 1.36 bits per heavy atom. The molecule has 0 saturated heterocycles. The van der Waals surface area contributed by atoms with E-state index in [-0.39, 0.29) is 29.6 Å². The minimum Gasteiger partial charge on any atom is -0.343 e. The van der Waals surface area contributed by atoms with E-state index in [1.807, 2.05) is 0 Å². The summed E-state index contributed by atoms with van der Waals surface area (Å²) in [7, 11) is 0. The van der Waals surface area contributed by atoms with Gasteiger partial charge in [0.15, 0.2) is 0 Å². The monoisotopic (exact) mass is 207 g/mol. The number of hydrogen-bond acceptors (Lipinski definition) is 1. The molecule has 0 bridgehead atoms. The molecule has 0 heterocycles. The third-order valence-corrected chi connectivity index (χ3v) is 2.45. The van der Waals surface area contributed by atoms with E-state index >= 15 is 0 Å². The third kappa shape index (κ3) is 15.4. The van der Waals surface area contributed by atoms with Gasteiger partial charge in [0.05, 0.1) is 0 Å². The molecule has 0 aliphatic heterocycles. The fourth-order valence-corrected chi connectivity index (χ4v) is 1.56. The number of hydrogen-bond donors (Lipinski definition) is 1. The molecule has 0 rings (SSSR count).